The lowest BCUT2D eigenvalue weighted by Crippen LogP contribution is -2.28. The number of anilines is 2. The molecule has 1 amide bonds. The number of carbonyl (C=O) groups is 1. The Hall–Kier alpha value is -3.07. The van der Waals surface area contributed by atoms with Crippen molar-refractivity contribution in [1.82, 2.24) is 0 Å². The third-order valence-electron chi connectivity index (χ3n) is 5.99. The molecule has 0 aromatic heterocycles. The van der Waals surface area contributed by atoms with Gasteiger partial charge in [0.1, 0.15) is 0 Å². The van der Waals surface area contributed by atoms with Gasteiger partial charge in [-0.25, -0.2) is 0 Å². The Bertz CT molecular complexity index is 998. The van der Waals surface area contributed by atoms with E-state index in [0.717, 1.165) is 17.9 Å². The van der Waals surface area contributed by atoms with E-state index in [-0.39, 0.29) is 5.91 Å². The number of para-hydroxylation sites is 2. The molecule has 3 rings (SSSR count). The van der Waals surface area contributed by atoms with E-state index in [1.165, 1.54) is 22.3 Å². The normalized spacial score (nSPS) is 11.1. The zero-order chi connectivity index (χ0) is 23.1. The van der Waals surface area contributed by atoms with Crippen LogP contribution in [0, 0.1) is 6.92 Å². The van der Waals surface area contributed by atoms with E-state index >= 15 is 0 Å². The number of hydrogen-bond donors (Lipinski definition) is 1. The molecule has 0 aliphatic heterocycles. The van der Waals surface area contributed by atoms with E-state index in [9.17, 15) is 4.79 Å². The molecule has 1 N–H and O–H groups in total. The maximum absolute atomic E-state index is 13.1. The molecular weight excluding hydrogens is 392 g/mol. The standard InChI is InChI=1S/C29H36N2O/c1-21(2)26-16-11-17-27(22(3)4)29(26)30-28(32)18-19-31(25-14-7-6-8-15-25)20-24-13-10-9-12-23(24)5/h6-17,21-22H,18-20H2,1-5H3,(H,30,32). The van der Waals surface area contributed by atoms with E-state index < -0.39 is 0 Å². The lowest BCUT2D eigenvalue weighted by Gasteiger charge is -2.26. The first-order valence-corrected chi connectivity index (χ1v) is 11.6. The fourth-order valence-corrected chi connectivity index (χ4v) is 4.07. The van der Waals surface area contributed by atoms with Crippen LogP contribution in [-0.4, -0.2) is 12.5 Å². The summed E-state index contributed by atoms with van der Waals surface area (Å²) in [5.74, 6) is 0.766. The van der Waals surface area contributed by atoms with Gasteiger partial charge >= 0.3 is 0 Å². The minimum atomic E-state index is 0.0608. The Morgan fingerprint density at radius 3 is 2.00 bits per heavy atom. The van der Waals surface area contributed by atoms with E-state index in [0.29, 0.717) is 24.8 Å². The molecule has 3 nitrogen and oxygen atoms in total. The number of benzene rings is 3. The first-order valence-electron chi connectivity index (χ1n) is 11.6. The van der Waals surface area contributed by atoms with Gasteiger partial charge in [-0.1, -0.05) is 88.4 Å². The van der Waals surface area contributed by atoms with Crippen molar-refractivity contribution in [2.45, 2.75) is 59.4 Å². The molecule has 0 unspecified atom stereocenters. The van der Waals surface area contributed by atoms with Crippen LogP contribution in [0.4, 0.5) is 11.4 Å². The van der Waals surface area contributed by atoms with Gasteiger partial charge in [-0.15, -0.1) is 0 Å². The highest BCUT2D eigenvalue weighted by atomic mass is 16.1. The smallest absolute Gasteiger partial charge is 0.226 e. The fraction of sp³-hybridized carbons (Fsp3) is 0.345. The minimum Gasteiger partial charge on any atom is -0.367 e. The quantitative estimate of drug-likeness (QED) is 0.388. The number of aryl methyl sites for hydroxylation is 1. The van der Waals surface area contributed by atoms with E-state index in [1.54, 1.807) is 0 Å². The van der Waals surface area contributed by atoms with Gasteiger partial charge in [0.25, 0.3) is 0 Å². The summed E-state index contributed by atoms with van der Waals surface area (Å²) < 4.78 is 0. The van der Waals surface area contributed by atoms with Gasteiger partial charge in [0.15, 0.2) is 0 Å². The summed E-state index contributed by atoms with van der Waals surface area (Å²) >= 11 is 0. The molecular formula is C29H36N2O. The second-order valence-corrected chi connectivity index (χ2v) is 9.10. The van der Waals surface area contributed by atoms with Gasteiger partial charge in [-0.05, 0) is 53.1 Å². The van der Waals surface area contributed by atoms with Crippen LogP contribution in [0.5, 0.6) is 0 Å². The van der Waals surface area contributed by atoms with Crippen molar-refractivity contribution in [3.63, 3.8) is 0 Å². The maximum atomic E-state index is 13.1. The molecule has 168 valence electrons. The predicted octanol–water partition coefficient (Wildman–Crippen LogP) is 7.28. The van der Waals surface area contributed by atoms with E-state index in [2.05, 4.69) is 99.4 Å². The molecule has 0 bridgehead atoms. The Labute approximate surface area is 193 Å². The number of amides is 1. The maximum Gasteiger partial charge on any atom is 0.226 e. The van der Waals surface area contributed by atoms with Crippen LogP contribution in [0.2, 0.25) is 0 Å². The van der Waals surface area contributed by atoms with Crippen molar-refractivity contribution in [3.05, 3.63) is 95.1 Å². The summed E-state index contributed by atoms with van der Waals surface area (Å²) in [7, 11) is 0. The van der Waals surface area contributed by atoms with Gasteiger partial charge < -0.3 is 10.2 Å². The van der Waals surface area contributed by atoms with Gasteiger partial charge in [-0.2, -0.15) is 0 Å². The first kappa shape index (κ1) is 23.6. The SMILES string of the molecule is Cc1ccccc1CN(CCC(=O)Nc1c(C(C)C)cccc1C(C)C)c1ccccc1. The van der Waals surface area contributed by atoms with Crippen molar-refractivity contribution in [1.29, 1.82) is 0 Å². The third kappa shape index (κ3) is 6.00. The molecule has 0 radical (unpaired) electrons. The topological polar surface area (TPSA) is 32.3 Å². The summed E-state index contributed by atoms with van der Waals surface area (Å²) in [6.45, 7) is 12.3. The Morgan fingerprint density at radius 1 is 0.812 bits per heavy atom. The number of hydrogen-bond acceptors (Lipinski definition) is 2. The highest BCUT2D eigenvalue weighted by Gasteiger charge is 2.17. The van der Waals surface area contributed by atoms with Crippen LogP contribution in [0.1, 0.15) is 68.2 Å². The molecule has 0 atom stereocenters. The third-order valence-corrected chi connectivity index (χ3v) is 5.99. The Balaban J connectivity index is 1.77. The summed E-state index contributed by atoms with van der Waals surface area (Å²) in [6.07, 6.45) is 0.435. The van der Waals surface area contributed by atoms with Crippen LogP contribution < -0.4 is 10.2 Å². The molecule has 0 saturated heterocycles. The number of nitrogens with zero attached hydrogens (tertiary/aromatic N) is 1. The van der Waals surface area contributed by atoms with Gasteiger partial charge in [0.2, 0.25) is 5.91 Å². The van der Waals surface area contributed by atoms with Crippen molar-refractivity contribution >= 4 is 17.3 Å². The second-order valence-electron chi connectivity index (χ2n) is 9.10. The molecule has 0 spiro atoms. The molecule has 32 heavy (non-hydrogen) atoms. The minimum absolute atomic E-state index is 0.0608. The Morgan fingerprint density at radius 2 is 1.41 bits per heavy atom. The van der Waals surface area contributed by atoms with Crippen LogP contribution >= 0.6 is 0 Å². The molecule has 0 aliphatic rings. The lowest BCUT2D eigenvalue weighted by molar-refractivity contribution is -0.116. The van der Waals surface area contributed by atoms with E-state index in [1.807, 2.05) is 18.2 Å². The zero-order valence-corrected chi connectivity index (χ0v) is 20.1. The molecule has 0 aliphatic carbocycles. The van der Waals surface area contributed by atoms with Gasteiger partial charge in [0.05, 0.1) is 0 Å². The van der Waals surface area contributed by atoms with Crippen LogP contribution in [0.25, 0.3) is 0 Å². The summed E-state index contributed by atoms with van der Waals surface area (Å²) in [5.41, 5.74) is 7.07. The van der Waals surface area contributed by atoms with Crippen molar-refractivity contribution in [3.8, 4) is 0 Å². The zero-order valence-electron chi connectivity index (χ0n) is 20.1. The molecule has 3 heteroatoms. The fourth-order valence-electron chi connectivity index (χ4n) is 4.07. The van der Waals surface area contributed by atoms with Crippen molar-refractivity contribution in [2.75, 3.05) is 16.8 Å². The largest absolute Gasteiger partial charge is 0.367 e. The van der Waals surface area contributed by atoms with Crippen molar-refractivity contribution < 1.29 is 4.79 Å². The lowest BCUT2D eigenvalue weighted by atomic mass is 9.92. The summed E-state index contributed by atoms with van der Waals surface area (Å²) in [5, 5.41) is 3.26. The molecule has 0 heterocycles. The van der Waals surface area contributed by atoms with Crippen LogP contribution in [0.15, 0.2) is 72.8 Å². The van der Waals surface area contributed by atoms with Crippen LogP contribution in [-0.2, 0) is 11.3 Å². The molecule has 0 fully saturated rings. The van der Waals surface area contributed by atoms with Gasteiger partial charge in [-0.3, -0.25) is 4.79 Å². The summed E-state index contributed by atoms with van der Waals surface area (Å²) in [6, 6.07) is 25.1. The molecule has 0 saturated carbocycles. The highest BCUT2D eigenvalue weighted by molar-refractivity contribution is 5.93. The van der Waals surface area contributed by atoms with Crippen LogP contribution in [0.3, 0.4) is 0 Å². The molecule has 3 aromatic carbocycles. The first-order chi connectivity index (χ1) is 15.4. The second kappa shape index (κ2) is 11.0. The number of nitrogens with one attached hydrogen (secondary N) is 1. The Kier molecular flexibility index (Phi) is 8.10. The number of rotatable bonds is 9. The highest BCUT2D eigenvalue weighted by Crippen LogP contribution is 2.32. The van der Waals surface area contributed by atoms with Crippen molar-refractivity contribution in [2.24, 2.45) is 0 Å². The molecule has 3 aromatic rings. The monoisotopic (exact) mass is 428 g/mol. The average Bonchev–Trinajstić information content (AvgIpc) is 2.78. The predicted molar refractivity (Wildman–Crippen MR) is 137 cm³/mol. The average molecular weight is 429 g/mol. The van der Waals surface area contributed by atoms with Gasteiger partial charge in [0, 0.05) is 30.9 Å². The summed E-state index contributed by atoms with van der Waals surface area (Å²) in [4.78, 5) is 15.4. The van der Waals surface area contributed by atoms with E-state index in [4.69, 9.17) is 0 Å². The number of carbonyl (C=O) groups excluding carboxylic acids is 1.